The van der Waals surface area contributed by atoms with Crippen LogP contribution in [0, 0.1) is 11.8 Å². The number of carbonyl (C=O) groups excluding carboxylic acids is 1. The van der Waals surface area contributed by atoms with Crippen LogP contribution < -0.4 is 10.6 Å². The smallest absolute Gasteiger partial charge is 0.253 e. The van der Waals surface area contributed by atoms with Crippen molar-refractivity contribution < 1.29 is 4.79 Å². The number of hydrogen-bond donors (Lipinski definition) is 2. The molecule has 1 spiro atoms. The first-order valence-corrected chi connectivity index (χ1v) is 7.31. The van der Waals surface area contributed by atoms with E-state index in [1.165, 1.54) is 25.7 Å². The highest BCUT2D eigenvalue weighted by molar-refractivity contribution is 6.09. The van der Waals surface area contributed by atoms with Gasteiger partial charge in [-0.1, -0.05) is 19.8 Å². The van der Waals surface area contributed by atoms with Crippen molar-refractivity contribution in [3.05, 3.63) is 0 Å². The fourth-order valence-electron chi connectivity index (χ4n) is 3.45. The zero-order valence-electron chi connectivity index (χ0n) is 11.2. The number of nitrogens with one attached hydrogen (secondary N) is 2. The molecule has 4 nitrogen and oxygen atoms in total. The maximum atomic E-state index is 12.2. The van der Waals surface area contributed by atoms with Gasteiger partial charge in [0.2, 0.25) is 0 Å². The van der Waals surface area contributed by atoms with Crippen molar-refractivity contribution in [2.45, 2.75) is 51.0 Å². The van der Waals surface area contributed by atoms with Crippen molar-refractivity contribution in [1.82, 2.24) is 10.6 Å². The third kappa shape index (κ3) is 2.07. The van der Waals surface area contributed by atoms with Gasteiger partial charge >= 0.3 is 0 Å². The monoisotopic (exact) mass is 249 g/mol. The normalized spacial score (nSPS) is 35.4. The van der Waals surface area contributed by atoms with Crippen molar-refractivity contribution in [2.24, 2.45) is 16.8 Å². The van der Waals surface area contributed by atoms with E-state index in [0.717, 1.165) is 37.7 Å². The molecule has 1 aliphatic carbocycles. The van der Waals surface area contributed by atoms with Crippen LogP contribution in [0.15, 0.2) is 4.99 Å². The van der Waals surface area contributed by atoms with E-state index in [2.05, 4.69) is 17.6 Å². The maximum absolute atomic E-state index is 12.2. The lowest BCUT2D eigenvalue weighted by atomic mass is 9.82. The van der Waals surface area contributed by atoms with E-state index >= 15 is 0 Å². The zero-order chi connectivity index (χ0) is 12.6. The van der Waals surface area contributed by atoms with Gasteiger partial charge in [-0.2, -0.15) is 0 Å². The summed E-state index contributed by atoms with van der Waals surface area (Å²) in [6.07, 6.45) is 6.63. The first-order chi connectivity index (χ1) is 8.70. The van der Waals surface area contributed by atoms with Crippen molar-refractivity contribution in [3.63, 3.8) is 0 Å². The molecule has 2 fully saturated rings. The zero-order valence-corrected chi connectivity index (χ0v) is 11.2. The molecule has 0 atom stereocenters. The number of piperidine rings is 1. The molecule has 1 saturated carbocycles. The fourth-order valence-corrected chi connectivity index (χ4v) is 3.45. The molecule has 0 unspecified atom stereocenters. The topological polar surface area (TPSA) is 53.5 Å². The minimum Gasteiger partial charge on any atom is -0.317 e. The number of amides is 1. The summed E-state index contributed by atoms with van der Waals surface area (Å²) in [7, 11) is 0. The quantitative estimate of drug-likeness (QED) is 0.739. The van der Waals surface area contributed by atoms with Crippen LogP contribution in [0.5, 0.6) is 0 Å². The van der Waals surface area contributed by atoms with Crippen LogP contribution in [0.25, 0.3) is 0 Å². The molecule has 2 heterocycles. The Bertz CT molecular complexity index is 363. The Morgan fingerprint density at radius 3 is 2.50 bits per heavy atom. The summed E-state index contributed by atoms with van der Waals surface area (Å²) in [4.78, 5) is 17.0. The minimum atomic E-state index is -0.427. The summed E-state index contributed by atoms with van der Waals surface area (Å²) in [5, 5.41) is 6.39. The Kier molecular flexibility index (Phi) is 3.14. The van der Waals surface area contributed by atoms with E-state index in [-0.39, 0.29) is 5.91 Å². The van der Waals surface area contributed by atoms with Crippen LogP contribution in [-0.4, -0.2) is 30.4 Å². The third-order valence-corrected chi connectivity index (χ3v) is 4.83. The molecule has 4 heteroatoms. The fraction of sp³-hybridized carbons (Fsp3) is 0.857. The Balaban J connectivity index is 1.74. The van der Waals surface area contributed by atoms with Gasteiger partial charge in [0.1, 0.15) is 11.4 Å². The Hall–Kier alpha value is -0.900. The lowest BCUT2D eigenvalue weighted by Crippen LogP contribution is -2.47. The van der Waals surface area contributed by atoms with E-state index in [0.29, 0.717) is 5.92 Å². The molecule has 0 bridgehead atoms. The number of rotatable bonds is 1. The van der Waals surface area contributed by atoms with E-state index in [1.54, 1.807) is 0 Å². The predicted octanol–water partition coefficient (Wildman–Crippen LogP) is 1.46. The SMILES string of the molecule is C[C@H]1CC[C@H](C2=NC3(CCNCC3)C(=O)N2)CC1. The lowest BCUT2D eigenvalue weighted by Gasteiger charge is -2.28. The third-order valence-electron chi connectivity index (χ3n) is 4.83. The second-order valence-electron chi connectivity index (χ2n) is 6.19. The van der Waals surface area contributed by atoms with Gasteiger partial charge in [-0.25, -0.2) is 0 Å². The average Bonchev–Trinajstić information content (AvgIpc) is 2.69. The molecule has 1 saturated heterocycles. The Morgan fingerprint density at radius 2 is 1.83 bits per heavy atom. The van der Waals surface area contributed by atoms with Gasteiger partial charge in [-0.15, -0.1) is 0 Å². The first kappa shape index (κ1) is 12.2. The highest BCUT2D eigenvalue weighted by atomic mass is 16.2. The Labute approximate surface area is 109 Å². The molecule has 2 aliphatic heterocycles. The second kappa shape index (κ2) is 4.65. The summed E-state index contributed by atoms with van der Waals surface area (Å²) >= 11 is 0. The predicted molar refractivity (Wildman–Crippen MR) is 71.5 cm³/mol. The molecular formula is C14H23N3O. The molecule has 0 radical (unpaired) electrons. The van der Waals surface area contributed by atoms with Crippen LogP contribution in [0.4, 0.5) is 0 Å². The molecule has 18 heavy (non-hydrogen) atoms. The van der Waals surface area contributed by atoms with Gasteiger partial charge in [0.05, 0.1) is 0 Å². The number of aliphatic imine (C=N–C) groups is 1. The number of carbonyl (C=O) groups is 1. The minimum absolute atomic E-state index is 0.151. The van der Waals surface area contributed by atoms with Crippen LogP contribution in [-0.2, 0) is 4.79 Å². The molecular weight excluding hydrogens is 226 g/mol. The van der Waals surface area contributed by atoms with Gasteiger partial charge in [0, 0.05) is 5.92 Å². The summed E-state index contributed by atoms with van der Waals surface area (Å²) in [5.41, 5.74) is -0.427. The van der Waals surface area contributed by atoms with Crippen molar-refractivity contribution in [3.8, 4) is 0 Å². The van der Waals surface area contributed by atoms with Crippen LogP contribution in [0.3, 0.4) is 0 Å². The van der Waals surface area contributed by atoms with E-state index in [4.69, 9.17) is 4.99 Å². The molecule has 0 aromatic rings. The van der Waals surface area contributed by atoms with Crippen LogP contribution in [0.2, 0.25) is 0 Å². The van der Waals surface area contributed by atoms with Crippen molar-refractivity contribution in [2.75, 3.05) is 13.1 Å². The van der Waals surface area contributed by atoms with E-state index in [1.807, 2.05) is 0 Å². The van der Waals surface area contributed by atoms with Gasteiger partial charge < -0.3 is 10.6 Å². The maximum Gasteiger partial charge on any atom is 0.253 e. The summed E-state index contributed by atoms with van der Waals surface area (Å²) in [5.74, 6) is 2.48. The van der Waals surface area contributed by atoms with Crippen LogP contribution >= 0.6 is 0 Å². The summed E-state index contributed by atoms with van der Waals surface area (Å²) in [6.45, 7) is 4.14. The van der Waals surface area contributed by atoms with E-state index in [9.17, 15) is 4.79 Å². The lowest BCUT2D eigenvalue weighted by molar-refractivity contribution is -0.124. The standard InChI is InChI=1S/C14H23N3O/c1-10-2-4-11(5-3-10)12-16-13(18)14(17-12)6-8-15-9-7-14/h10-11,15H,2-9H2,1H3,(H,16,17,18)/t10-,11-. The number of hydrogen-bond acceptors (Lipinski definition) is 3. The highest BCUT2D eigenvalue weighted by Crippen LogP contribution is 2.34. The number of nitrogens with zero attached hydrogens (tertiary/aromatic N) is 1. The van der Waals surface area contributed by atoms with Gasteiger partial charge in [0.25, 0.3) is 5.91 Å². The molecule has 0 aromatic heterocycles. The summed E-state index contributed by atoms with van der Waals surface area (Å²) in [6, 6.07) is 0. The molecule has 100 valence electrons. The molecule has 1 amide bonds. The van der Waals surface area contributed by atoms with Gasteiger partial charge in [-0.05, 0) is 44.7 Å². The molecule has 3 rings (SSSR count). The molecule has 0 aromatic carbocycles. The van der Waals surface area contributed by atoms with E-state index < -0.39 is 5.54 Å². The largest absolute Gasteiger partial charge is 0.317 e. The summed E-state index contributed by atoms with van der Waals surface area (Å²) < 4.78 is 0. The Morgan fingerprint density at radius 1 is 1.17 bits per heavy atom. The van der Waals surface area contributed by atoms with Gasteiger partial charge in [-0.3, -0.25) is 9.79 Å². The molecule has 3 aliphatic rings. The van der Waals surface area contributed by atoms with Crippen molar-refractivity contribution in [1.29, 1.82) is 0 Å². The number of amidine groups is 1. The average molecular weight is 249 g/mol. The van der Waals surface area contributed by atoms with Crippen LogP contribution in [0.1, 0.15) is 45.4 Å². The highest BCUT2D eigenvalue weighted by Gasteiger charge is 2.45. The second-order valence-corrected chi connectivity index (χ2v) is 6.19. The van der Waals surface area contributed by atoms with Crippen molar-refractivity contribution >= 4 is 11.7 Å². The first-order valence-electron chi connectivity index (χ1n) is 7.31. The van der Waals surface area contributed by atoms with Gasteiger partial charge in [0.15, 0.2) is 0 Å². The molecule has 2 N–H and O–H groups in total.